The van der Waals surface area contributed by atoms with Gasteiger partial charge in [-0.25, -0.2) is 9.79 Å². The van der Waals surface area contributed by atoms with Crippen LogP contribution in [0, 0.1) is 0 Å². The number of hydrogen-bond acceptors (Lipinski definition) is 6. The number of aliphatic imine (C=N–C) groups is 1. The third-order valence-electron chi connectivity index (χ3n) is 4.22. The van der Waals surface area contributed by atoms with E-state index in [4.69, 9.17) is 4.74 Å². The summed E-state index contributed by atoms with van der Waals surface area (Å²) in [5.41, 5.74) is 3.03. The molecule has 144 valence electrons. The van der Waals surface area contributed by atoms with Gasteiger partial charge in [-0.05, 0) is 11.6 Å². The van der Waals surface area contributed by atoms with Gasteiger partial charge in [-0.2, -0.15) is 0 Å². The summed E-state index contributed by atoms with van der Waals surface area (Å²) in [6.07, 6.45) is 2.71. The van der Waals surface area contributed by atoms with E-state index in [1.54, 1.807) is 24.5 Å². The Labute approximate surface area is 166 Å². The van der Waals surface area contributed by atoms with Gasteiger partial charge in [-0.15, -0.1) is 0 Å². The molecule has 1 atom stereocenters. The second-order valence-corrected chi connectivity index (χ2v) is 6.21. The number of anilines is 1. The van der Waals surface area contributed by atoms with Crippen LogP contribution in [0.25, 0.3) is 0 Å². The van der Waals surface area contributed by atoms with E-state index in [2.05, 4.69) is 25.6 Å². The molecule has 8 heteroatoms. The molecule has 1 aromatic heterocycles. The molecule has 1 unspecified atom stereocenters. The zero-order valence-corrected chi connectivity index (χ0v) is 15.3. The second kappa shape index (κ2) is 8.30. The molecule has 0 saturated heterocycles. The Bertz CT molecular complexity index is 1050. The molecule has 0 saturated carbocycles. The van der Waals surface area contributed by atoms with Crippen molar-refractivity contribution in [3.63, 3.8) is 0 Å². The van der Waals surface area contributed by atoms with E-state index in [0.29, 0.717) is 22.7 Å². The number of aromatic nitrogens is 2. The van der Waals surface area contributed by atoms with Crippen molar-refractivity contribution >= 4 is 23.4 Å². The Morgan fingerprint density at radius 3 is 2.66 bits per heavy atom. The highest BCUT2D eigenvalue weighted by molar-refractivity contribution is 6.18. The van der Waals surface area contributed by atoms with Crippen molar-refractivity contribution in [3.8, 4) is 0 Å². The van der Waals surface area contributed by atoms with Gasteiger partial charge < -0.3 is 10.1 Å². The minimum atomic E-state index is -1.18. The predicted octanol–water partition coefficient (Wildman–Crippen LogP) is 2.52. The van der Waals surface area contributed by atoms with Crippen molar-refractivity contribution in [2.45, 2.75) is 12.8 Å². The summed E-state index contributed by atoms with van der Waals surface area (Å²) in [7, 11) is 0. The Balaban J connectivity index is 1.58. The van der Waals surface area contributed by atoms with Crippen LogP contribution in [0.2, 0.25) is 0 Å². The van der Waals surface area contributed by atoms with Crippen LogP contribution in [-0.2, 0) is 16.1 Å². The number of nitrogens with zero attached hydrogens (tertiary/aromatic N) is 3. The molecule has 2 N–H and O–H groups in total. The van der Waals surface area contributed by atoms with Crippen LogP contribution in [0.5, 0.6) is 0 Å². The van der Waals surface area contributed by atoms with E-state index >= 15 is 0 Å². The maximum absolute atomic E-state index is 12.6. The van der Waals surface area contributed by atoms with E-state index in [1.807, 2.05) is 42.5 Å². The molecule has 29 heavy (non-hydrogen) atoms. The Hall–Kier alpha value is -4.07. The minimum Gasteiger partial charge on any atom is -0.445 e. The van der Waals surface area contributed by atoms with Gasteiger partial charge in [-0.3, -0.25) is 20.1 Å². The van der Waals surface area contributed by atoms with Gasteiger partial charge in [0, 0.05) is 18.0 Å². The monoisotopic (exact) mass is 387 g/mol. The highest BCUT2D eigenvalue weighted by Crippen LogP contribution is 2.22. The number of ether oxygens (including phenoxy) is 1. The van der Waals surface area contributed by atoms with Crippen LogP contribution in [0.15, 0.2) is 78.2 Å². The van der Waals surface area contributed by atoms with E-state index in [1.165, 1.54) is 6.20 Å². The lowest BCUT2D eigenvalue weighted by Crippen LogP contribution is -2.42. The number of carbonyl (C=O) groups excluding carboxylic acids is 2. The average Bonchev–Trinajstić information content (AvgIpc) is 2.90. The van der Waals surface area contributed by atoms with Gasteiger partial charge in [0.15, 0.2) is 0 Å². The topological polar surface area (TPSA) is 106 Å². The number of para-hydroxylation sites is 1. The molecule has 0 aliphatic carbocycles. The largest absolute Gasteiger partial charge is 0.445 e. The molecule has 4 rings (SSSR count). The molecule has 0 bridgehead atoms. The van der Waals surface area contributed by atoms with E-state index in [-0.39, 0.29) is 6.61 Å². The number of benzodiazepines with no additional fused rings is 1. The smallest absolute Gasteiger partial charge is 0.409 e. The lowest BCUT2D eigenvalue weighted by molar-refractivity contribution is -0.117. The first-order chi connectivity index (χ1) is 14.2. The van der Waals surface area contributed by atoms with Gasteiger partial charge in [0.25, 0.3) is 5.91 Å². The van der Waals surface area contributed by atoms with Crippen LogP contribution in [0.4, 0.5) is 10.5 Å². The lowest BCUT2D eigenvalue weighted by atomic mass is 10.1. The van der Waals surface area contributed by atoms with Crippen LogP contribution in [0.1, 0.15) is 16.8 Å². The van der Waals surface area contributed by atoms with Crippen LogP contribution >= 0.6 is 0 Å². The fraction of sp³-hybridized carbons (Fsp3) is 0.0952. The Morgan fingerprint density at radius 2 is 1.86 bits per heavy atom. The van der Waals surface area contributed by atoms with Crippen LogP contribution in [-0.4, -0.2) is 33.8 Å². The van der Waals surface area contributed by atoms with E-state index < -0.39 is 18.2 Å². The van der Waals surface area contributed by atoms with Gasteiger partial charge >= 0.3 is 6.09 Å². The van der Waals surface area contributed by atoms with Gasteiger partial charge in [0.05, 0.1) is 17.6 Å². The molecule has 3 aromatic rings. The fourth-order valence-electron chi connectivity index (χ4n) is 2.86. The first kappa shape index (κ1) is 18.3. The average molecular weight is 387 g/mol. The number of carbonyl (C=O) groups is 2. The zero-order chi connectivity index (χ0) is 20.1. The third-order valence-corrected chi connectivity index (χ3v) is 4.22. The Kier molecular flexibility index (Phi) is 5.24. The summed E-state index contributed by atoms with van der Waals surface area (Å²) in [6, 6.07) is 16.5. The van der Waals surface area contributed by atoms with Crippen LogP contribution in [0.3, 0.4) is 0 Å². The van der Waals surface area contributed by atoms with Gasteiger partial charge in [0.1, 0.15) is 12.3 Å². The number of fused-ring (bicyclic) bond motifs is 1. The summed E-state index contributed by atoms with van der Waals surface area (Å²) in [4.78, 5) is 37.7. The first-order valence-corrected chi connectivity index (χ1v) is 8.92. The summed E-state index contributed by atoms with van der Waals surface area (Å²) in [5, 5.41) is 5.28. The summed E-state index contributed by atoms with van der Waals surface area (Å²) in [5.74, 6) is -0.479. The van der Waals surface area contributed by atoms with Gasteiger partial charge in [0.2, 0.25) is 6.17 Å². The number of rotatable bonds is 4. The van der Waals surface area contributed by atoms with Crippen molar-refractivity contribution in [1.29, 1.82) is 0 Å². The third kappa shape index (κ3) is 4.27. The molecular formula is C21H17N5O3. The van der Waals surface area contributed by atoms with Crippen molar-refractivity contribution < 1.29 is 14.3 Å². The van der Waals surface area contributed by atoms with Gasteiger partial charge in [-0.1, -0.05) is 48.5 Å². The number of hydrogen-bond donors (Lipinski definition) is 2. The number of nitrogens with one attached hydrogen (secondary N) is 2. The van der Waals surface area contributed by atoms with Crippen molar-refractivity contribution in [2.24, 2.45) is 4.99 Å². The van der Waals surface area contributed by atoms with Crippen molar-refractivity contribution in [2.75, 3.05) is 5.32 Å². The number of amides is 2. The summed E-state index contributed by atoms with van der Waals surface area (Å²) in [6.45, 7) is 0.0853. The molecule has 8 nitrogen and oxygen atoms in total. The Morgan fingerprint density at radius 1 is 1.07 bits per heavy atom. The van der Waals surface area contributed by atoms with Crippen molar-refractivity contribution in [3.05, 3.63) is 90.0 Å². The normalized spacial score (nSPS) is 15.4. The summed E-state index contributed by atoms with van der Waals surface area (Å²) < 4.78 is 5.21. The molecule has 2 aromatic carbocycles. The molecular weight excluding hydrogens is 370 g/mol. The maximum Gasteiger partial charge on any atom is 0.409 e. The SMILES string of the molecule is O=C(NC1N=C(c2cnccn2)c2ccccc2NC1=O)OCc1ccccc1. The van der Waals surface area contributed by atoms with E-state index in [9.17, 15) is 9.59 Å². The highest BCUT2D eigenvalue weighted by atomic mass is 16.5. The quantitative estimate of drug-likeness (QED) is 0.716. The molecule has 1 aliphatic heterocycles. The molecule has 0 fully saturated rings. The molecule has 0 radical (unpaired) electrons. The van der Waals surface area contributed by atoms with Crippen LogP contribution < -0.4 is 10.6 Å². The number of alkyl carbamates (subject to hydrolysis) is 1. The first-order valence-electron chi connectivity index (χ1n) is 8.92. The lowest BCUT2D eigenvalue weighted by Gasteiger charge is -2.13. The maximum atomic E-state index is 12.6. The summed E-state index contributed by atoms with van der Waals surface area (Å²) >= 11 is 0. The standard InChI is InChI=1S/C21H17N5O3/c27-20-19(26-21(28)29-13-14-6-2-1-3-7-14)25-18(17-12-22-10-11-23-17)15-8-4-5-9-16(15)24-20/h1-12,19H,13H2,(H,24,27)(H,26,28). The highest BCUT2D eigenvalue weighted by Gasteiger charge is 2.27. The molecule has 1 aliphatic rings. The minimum absolute atomic E-state index is 0.0853. The molecule has 2 heterocycles. The second-order valence-electron chi connectivity index (χ2n) is 6.21. The molecule has 2 amide bonds. The van der Waals surface area contributed by atoms with Crippen molar-refractivity contribution in [1.82, 2.24) is 15.3 Å². The molecule has 0 spiro atoms. The number of benzene rings is 2. The van der Waals surface area contributed by atoms with E-state index in [0.717, 1.165) is 5.56 Å². The zero-order valence-electron chi connectivity index (χ0n) is 15.3. The fourth-order valence-corrected chi connectivity index (χ4v) is 2.86. The predicted molar refractivity (Wildman–Crippen MR) is 106 cm³/mol.